The Labute approximate surface area is 86.8 Å². The normalized spacial score (nSPS) is 9.86. The Hall–Kier alpha value is -0.730. The third-order valence-corrected chi connectivity index (χ3v) is 1.98. The van der Waals surface area contributed by atoms with Crippen LogP contribution in [0.4, 0.5) is 4.79 Å². The van der Waals surface area contributed by atoms with Gasteiger partial charge in [0.25, 0.3) is 0 Å². The molecule has 84 valence electrons. The van der Waals surface area contributed by atoms with Gasteiger partial charge in [0.1, 0.15) is 0 Å². The van der Waals surface area contributed by atoms with E-state index in [1.807, 2.05) is 0 Å². The van der Waals surface area contributed by atoms with Gasteiger partial charge in [0.05, 0.1) is 13.2 Å². The van der Waals surface area contributed by atoms with Crippen molar-refractivity contribution in [3.05, 3.63) is 0 Å². The van der Waals surface area contributed by atoms with Gasteiger partial charge in [-0.1, -0.05) is 39.0 Å². The van der Waals surface area contributed by atoms with Crippen molar-refractivity contribution in [2.45, 2.75) is 52.4 Å². The lowest BCUT2D eigenvalue weighted by atomic mass is 10.1. The Morgan fingerprint density at radius 2 is 1.57 bits per heavy atom. The number of unbranched alkanes of at least 4 members (excludes halogenated alkanes) is 5. The van der Waals surface area contributed by atoms with Crippen LogP contribution in [0.2, 0.25) is 0 Å². The molecule has 0 unspecified atom stereocenters. The van der Waals surface area contributed by atoms with Crippen LogP contribution in [0.1, 0.15) is 52.4 Å². The average molecular weight is 202 g/mol. The third kappa shape index (κ3) is 9.36. The molecular formula is C11H22O3. The molecule has 0 aliphatic heterocycles. The zero-order chi connectivity index (χ0) is 10.6. The van der Waals surface area contributed by atoms with Gasteiger partial charge in [0, 0.05) is 0 Å². The van der Waals surface area contributed by atoms with Crippen molar-refractivity contribution in [2.24, 2.45) is 0 Å². The molecule has 0 rings (SSSR count). The van der Waals surface area contributed by atoms with Crippen molar-refractivity contribution in [3.63, 3.8) is 0 Å². The maximum Gasteiger partial charge on any atom is 0.508 e. The minimum Gasteiger partial charge on any atom is -0.435 e. The van der Waals surface area contributed by atoms with Gasteiger partial charge in [0.2, 0.25) is 0 Å². The molecule has 3 heteroatoms. The lowest BCUT2D eigenvalue weighted by Crippen LogP contribution is -2.07. The molecule has 0 bridgehead atoms. The summed E-state index contributed by atoms with van der Waals surface area (Å²) >= 11 is 0. The maximum atomic E-state index is 10.7. The molecule has 0 saturated heterocycles. The molecule has 0 fully saturated rings. The minimum atomic E-state index is -0.541. The number of hydrogen-bond acceptors (Lipinski definition) is 3. The summed E-state index contributed by atoms with van der Waals surface area (Å²) in [6.07, 6.45) is 6.64. The molecule has 0 atom stereocenters. The van der Waals surface area contributed by atoms with Gasteiger partial charge in [-0.25, -0.2) is 4.79 Å². The van der Waals surface area contributed by atoms with Crippen molar-refractivity contribution in [1.29, 1.82) is 0 Å². The SMILES string of the molecule is CCCCCCCCOC(=O)OCC. The van der Waals surface area contributed by atoms with E-state index < -0.39 is 6.16 Å². The van der Waals surface area contributed by atoms with Crippen LogP contribution in [-0.2, 0) is 9.47 Å². The van der Waals surface area contributed by atoms with Crippen molar-refractivity contribution < 1.29 is 14.3 Å². The quantitative estimate of drug-likeness (QED) is 0.446. The van der Waals surface area contributed by atoms with E-state index in [-0.39, 0.29) is 0 Å². The molecule has 14 heavy (non-hydrogen) atoms. The molecule has 0 saturated carbocycles. The Bertz CT molecular complexity index is 134. The first-order chi connectivity index (χ1) is 6.81. The fraction of sp³-hybridized carbons (Fsp3) is 0.909. The van der Waals surface area contributed by atoms with E-state index in [2.05, 4.69) is 11.7 Å². The highest BCUT2D eigenvalue weighted by Gasteiger charge is 2.00. The highest BCUT2D eigenvalue weighted by molar-refractivity contribution is 5.59. The first kappa shape index (κ1) is 13.3. The van der Waals surface area contributed by atoms with E-state index in [1.165, 1.54) is 25.7 Å². The number of hydrogen-bond donors (Lipinski definition) is 0. The predicted molar refractivity (Wildman–Crippen MR) is 56.4 cm³/mol. The molecule has 0 heterocycles. The van der Waals surface area contributed by atoms with Crippen molar-refractivity contribution in [3.8, 4) is 0 Å². The van der Waals surface area contributed by atoms with Crippen LogP contribution in [0.5, 0.6) is 0 Å². The van der Waals surface area contributed by atoms with Gasteiger partial charge in [-0.3, -0.25) is 0 Å². The summed E-state index contributed by atoms with van der Waals surface area (Å²) in [5, 5.41) is 0. The molecule has 0 N–H and O–H groups in total. The Kier molecular flexibility index (Phi) is 9.81. The zero-order valence-corrected chi connectivity index (χ0v) is 9.38. The largest absolute Gasteiger partial charge is 0.508 e. The minimum absolute atomic E-state index is 0.384. The van der Waals surface area contributed by atoms with E-state index >= 15 is 0 Å². The molecule has 0 aromatic heterocycles. The number of carbonyl (C=O) groups excluding carboxylic acids is 1. The predicted octanol–water partition coefficient (Wildman–Crippen LogP) is 3.52. The summed E-state index contributed by atoms with van der Waals surface area (Å²) in [5.41, 5.74) is 0. The molecule has 0 amide bonds. The molecule has 0 aliphatic carbocycles. The Morgan fingerprint density at radius 3 is 2.21 bits per heavy atom. The lowest BCUT2D eigenvalue weighted by molar-refractivity contribution is 0.0578. The molecule has 0 spiro atoms. The van der Waals surface area contributed by atoms with Gasteiger partial charge in [-0.05, 0) is 13.3 Å². The fourth-order valence-electron chi connectivity index (χ4n) is 1.20. The van der Waals surface area contributed by atoms with Crippen LogP contribution < -0.4 is 0 Å². The molecular weight excluding hydrogens is 180 g/mol. The topological polar surface area (TPSA) is 35.5 Å². The number of rotatable bonds is 8. The maximum absolute atomic E-state index is 10.7. The van der Waals surface area contributed by atoms with Crippen LogP contribution in [0.15, 0.2) is 0 Å². The first-order valence-corrected chi connectivity index (χ1v) is 5.60. The van der Waals surface area contributed by atoms with E-state index in [0.717, 1.165) is 12.8 Å². The summed E-state index contributed by atoms with van der Waals surface area (Å²) in [7, 11) is 0. The number of carbonyl (C=O) groups is 1. The monoisotopic (exact) mass is 202 g/mol. The van der Waals surface area contributed by atoms with E-state index in [0.29, 0.717) is 13.2 Å². The average Bonchev–Trinajstić information content (AvgIpc) is 2.17. The standard InChI is InChI=1S/C11H22O3/c1-3-5-6-7-8-9-10-14-11(12)13-4-2/h3-10H2,1-2H3. The Morgan fingerprint density at radius 1 is 0.929 bits per heavy atom. The van der Waals surface area contributed by atoms with Gasteiger partial charge < -0.3 is 9.47 Å². The highest BCUT2D eigenvalue weighted by Crippen LogP contribution is 2.04. The fourth-order valence-corrected chi connectivity index (χ4v) is 1.20. The van der Waals surface area contributed by atoms with E-state index in [1.54, 1.807) is 6.92 Å². The summed E-state index contributed by atoms with van der Waals surface area (Å²) in [4.78, 5) is 10.7. The molecule has 3 nitrogen and oxygen atoms in total. The van der Waals surface area contributed by atoms with Crippen molar-refractivity contribution >= 4 is 6.16 Å². The highest BCUT2D eigenvalue weighted by atomic mass is 16.7. The third-order valence-electron chi connectivity index (χ3n) is 1.98. The van der Waals surface area contributed by atoms with Crippen LogP contribution >= 0.6 is 0 Å². The second kappa shape index (κ2) is 10.4. The summed E-state index contributed by atoms with van der Waals surface area (Å²) < 4.78 is 9.45. The summed E-state index contributed by atoms with van der Waals surface area (Å²) in [6.45, 7) is 4.84. The van der Waals surface area contributed by atoms with Gasteiger partial charge in [-0.15, -0.1) is 0 Å². The Balaban J connectivity index is 3.01. The van der Waals surface area contributed by atoms with Gasteiger partial charge in [0.15, 0.2) is 0 Å². The van der Waals surface area contributed by atoms with Crippen LogP contribution in [0.3, 0.4) is 0 Å². The molecule has 0 radical (unpaired) electrons. The number of ether oxygens (including phenoxy) is 2. The van der Waals surface area contributed by atoms with Crippen molar-refractivity contribution in [1.82, 2.24) is 0 Å². The zero-order valence-electron chi connectivity index (χ0n) is 9.38. The second-order valence-corrected chi connectivity index (χ2v) is 3.30. The van der Waals surface area contributed by atoms with Crippen molar-refractivity contribution in [2.75, 3.05) is 13.2 Å². The smallest absolute Gasteiger partial charge is 0.435 e. The van der Waals surface area contributed by atoms with E-state index in [4.69, 9.17) is 4.74 Å². The molecule has 0 aromatic rings. The second-order valence-electron chi connectivity index (χ2n) is 3.30. The van der Waals surface area contributed by atoms with Crippen LogP contribution in [-0.4, -0.2) is 19.4 Å². The van der Waals surface area contributed by atoms with Crippen LogP contribution in [0, 0.1) is 0 Å². The lowest BCUT2D eigenvalue weighted by Gasteiger charge is -2.03. The summed E-state index contributed by atoms with van der Waals surface area (Å²) in [6, 6.07) is 0. The molecule has 0 aromatic carbocycles. The van der Waals surface area contributed by atoms with E-state index in [9.17, 15) is 4.79 Å². The molecule has 0 aliphatic rings. The summed E-state index contributed by atoms with van der Waals surface area (Å²) in [5.74, 6) is 0. The first-order valence-electron chi connectivity index (χ1n) is 5.60. The van der Waals surface area contributed by atoms with Crippen LogP contribution in [0.25, 0.3) is 0 Å². The van der Waals surface area contributed by atoms with Gasteiger partial charge in [-0.2, -0.15) is 0 Å². The van der Waals surface area contributed by atoms with Gasteiger partial charge >= 0.3 is 6.16 Å².